The molecular formula is C25H33N3O2. The van der Waals surface area contributed by atoms with Crippen LogP contribution in [0.4, 0.5) is 0 Å². The summed E-state index contributed by atoms with van der Waals surface area (Å²) in [7, 11) is 0. The number of fused-ring (bicyclic) bond motifs is 1. The molecule has 0 radical (unpaired) electrons. The zero-order valence-electron chi connectivity index (χ0n) is 18.8. The molecule has 1 heterocycles. The molecule has 0 bridgehead atoms. The van der Waals surface area contributed by atoms with Crippen LogP contribution in [0, 0.1) is 19.3 Å². The molecule has 0 unspecified atom stereocenters. The normalized spacial score (nSPS) is 11.6. The van der Waals surface area contributed by atoms with E-state index >= 15 is 0 Å². The molecule has 1 N–H and O–H groups in total. The van der Waals surface area contributed by atoms with Gasteiger partial charge in [0.15, 0.2) is 0 Å². The summed E-state index contributed by atoms with van der Waals surface area (Å²) in [5.41, 5.74) is 4.16. The number of hydrogen-bond donors (Lipinski definition) is 1. The Morgan fingerprint density at radius 1 is 1.10 bits per heavy atom. The number of nitrogens with one attached hydrogen (secondary N) is 1. The third-order valence-electron chi connectivity index (χ3n) is 5.04. The number of aromatic nitrogens is 2. The van der Waals surface area contributed by atoms with Crippen molar-refractivity contribution in [1.29, 1.82) is 0 Å². The van der Waals surface area contributed by atoms with Crippen LogP contribution in [0.2, 0.25) is 0 Å². The average molecular weight is 408 g/mol. The van der Waals surface area contributed by atoms with E-state index in [9.17, 15) is 4.79 Å². The van der Waals surface area contributed by atoms with Crippen LogP contribution in [-0.2, 0) is 17.8 Å². The lowest BCUT2D eigenvalue weighted by molar-refractivity contribution is -0.128. The van der Waals surface area contributed by atoms with Crippen molar-refractivity contribution in [1.82, 2.24) is 14.9 Å². The Labute approximate surface area is 179 Å². The van der Waals surface area contributed by atoms with E-state index in [1.165, 1.54) is 11.1 Å². The zero-order valence-corrected chi connectivity index (χ0v) is 18.8. The monoisotopic (exact) mass is 407 g/mol. The Morgan fingerprint density at radius 2 is 1.80 bits per heavy atom. The molecule has 0 spiro atoms. The second-order valence-corrected chi connectivity index (χ2v) is 8.95. The number of amides is 1. The van der Waals surface area contributed by atoms with Crippen LogP contribution in [0.3, 0.4) is 0 Å². The Bertz CT molecular complexity index is 995. The summed E-state index contributed by atoms with van der Waals surface area (Å²) < 4.78 is 8.23. The fraction of sp³-hybridized carbons (Fsp3) is 0.440. The minimum atomic E-state index is -0.383. The van der Waals surface area contributed by atoms with Gasteiger partial charge in [0.25, 0.3) is 0 Å². The number of rotatable bonds is 8. The number of imidazole rings is 1. The lowest BCUT2D eigenvalue weighted by atomic mass is 9.96. The Balaban J connectivity index is 1.63. The van der Waals surface area contributed by atoms with Gasteiger partial charge in [0.1, 0.15) is 11.6 Å². The number of carbonyl (C=O) groups excluding carboxylic acids is 1. The molecule has 30 heavy (non-hydrogen) atoms. The van der Waals surface area contributed by atoms with Crippen LogP contribution < -0.4 is 10.1 Å². The molecule has 0 aliphatic carbocycles. The van der Waals surface area contributed by atoms with Gasteiger partial charge in [-0.2, -0.15) is 0 Å². The first-order valence-corrected chi connectivity index (χ1v) is 10.7. The van der Waals surface area contributed by atoms with Crippen LogP contribution in [-0.4, -0.2) is 28.6 Å². The minimum Gasteiger partial charge on any atom is -0.494 e. The molecular weight excluding hydrogens is 374 g/mol. The number of aryl methyl sites for hydroxylation is 3. The molecule has 1 amide bonds. The smallest absolute Gasteiger partial charge is 0.225 e. The summed E-state index contributed by atoms with van der Waals surface area (Å²) in [5, 5.41) is 3.03. The van der Waals surface area contributed by atoms with Crippen molar-refractivity contribution in [2.75, 3.05) is 13.2 Å². The Hall–Kier alpha value is -2.82. The highest BCUT2D eigenvalue weighted by Gasteiger charge is 2.20. The molecule has 3 rings (SSSR count). The topological polar surface area (TPSA) is 56.1 Å². The van der Waals surface area contributed by atoms with Gasteiger partial charge in [0, 0.05) is 24.9 Å². The van der Waals surface area contributed by atoms with Crippen LogP contribution in [0.25, 0.3) is 11.0 Å². The molecule has 5 heteroatoms. The van der Waals surface area contributed by atoms with Crippen LogP contribution in [0.5, 0.6) is 5.75 Å². The summed E-state index contributed by atoms with van der Waals surface area (Å²) >= 11 is 0. The lowest BCUT2D eigenvalue weighted by Gasteiger charge is -2.17. The summed E-state index contributed by atoms with van der Waals surface area (Å²) in [6.07, 6.45) is 1.59. The van der Waals surface area contributed by atoms with E-state index in [4.69, 9.17) is 9.72 Å². The van der Waals surface area contributed by atoms with Gasteiger partial charge in [-0.1, -0.05) is 39.0 Å². The second-order valence-electron chi connectivity index (χ2n) is 8.95. The maximum Gasteiger partial charge on any atom is 0.225 e. The predicted octanol–water partition coefficient (Wildman–Crippen LogP) is 4.83. The van der Waals surface area contributed by atoms with Gasteiger partial charge in [-0.05, 0) is 55.7 Å². The third-order valence-corrected chi connectivity index (χ3v) is 5.04. The number of hydrogen-bond acceptors (Lipinski definition) is 3. The van der Waals surface area contributed by atoms with Crippen molar-refractivity contribution in [3.8, 4) is 5.75 Å². The highest BCUT2D eigenvalue weighted by Crippen LogP contribution is 2.19. The second kappa shape index (κ2) is 9.33. The van der Waals surface area contributed by atoms with Crippen LogP contribution in [0.1, 0.15) is 44.1 Å². The molecule has 2 aromatic carbocycles. The number of ether oxygens (including phenoxy) is 1. The van der Waals surface area contributed by atoms with Crippen molar-refractivity contribution in [2.24, 2.45) is 5.41 Å². The molecule has 0 saturated heterocycles. The molecule has 0 aliphatic heterocycles. The average Bonchev–Trinajstić information content (AvgIpc) is 3.01. The van der Waals surface area contributed by atoms with Gasteiger partial charge < -0.3 is 14.6 Å². The number of para-hydroxylation sites is 2. The largest absolute Gasteiger partial charge is 0.494 e. The van der Waals surface area contributed by atoms with Gasteiger partial charge in [0.2, 0.25) is 5.91 Å². The summed E-state index contributed by atoms with van der Waals surface area (Å²) in [4.78, 5) is 17.0. The quantitative estimate of drug-likeness (QED) is 0.544. The predicted molar refractivity (Wildman–Crippen MR) is 122 cm³/mol. The highest BCUT2D eigenvalue weighted by molar-refractivity contribution is 5.81. The zero-order chi connectivity index (χ0) is 21.7. The first kappa shape index (κ1) is 21.9. The van der Waals surface area contributed by atoms with E-state index in [1.54, 1.807) is 0 Å². The van der Waals surface area contributed by atoms with Gasteiger partial charge in [0.05, 0.1) is 17.6 Å². The van der Waals surface area contributed by atoms with Crippen LogP contribution >= 0.6 is 0 Å². The first-order chi connectivity index (χ1) is 14.2. The fourth-order valence-corrected chi connectivity index (χ4v) is 3.55. The van der Waals surface area contributed by atoms with E-state index < -0.39 is 0 Å². The number of benzene rings is 2. The molecule has 160 valence electrons. The number of nitrogens with zero attached hydrogens (tertiary/aromatic N) is 2. The van der Waals surface area contributed by atoms with Gasteiger partial charge in [-0.25, -0.2) is 4.98 Å². The molecule has 0 saturated carbocycles. The van der Waals surface area contributed by atoms with Gasteiger partial charge in [-0.3, -0.25) is 4.79 Å². The standard InChI is InChI=1S/C25H33N3O2/c1-18-15-19(2)17-20(16-18)30-14-8-13-28-22-10-7-6-9-21(22)27-23(28)11-12-26-24(29)25(3,4)5/h6-7,9-10,15-17H,8,11-14H2,1-5H3,(H,26,29). The number of carbonyl (C=O) groups is 1. The van der Waals surface area contributed by atoms with Gasteiger partial charge in [-0.15, -0.1) is 0 Å². The lowest BCUT2D eigenvalue weighted by Crippen LogP contribution is -2.36. The third kappa shape index (κ3) is 5.62. The van der Waals surface area contributed by atoms with Gasteiger partial charge >= 0.3 is 0 Å². The van der Waals surface area contributed by atoms with E-state index in [-0.39, 0.29) is 11.3 Å². The Morgan fingerprint density at radius 3 is 2.50 bits per heavy atom. The first-order valence-electron chi connectivity index (χ1n) is 10.7. The minimum absolute atomic E-state index is 0.0620. The van der Waals surface area contributed by atoms with E-state index in [0.717, 1.165) is 35.6 Å². The van der Waals surface area contributed by atoms with E-state index in [2.05, 4.69) is 48.0 Å². The molecule has 0 aliphatic rings. The molecule has 5 nitrogen and oxygen atoms in total. The maximum atomic E-state index is 12.2. The van der Waals surface area contributed by atoms with Crippen molar-refractivity contribution >= 4 is 16.9 Å². The molecule has 3 aromatic rings. The van der Waals surface area contributed by atoms with Crippen molar-refractivity contribution < 1.29 is 9.53 Å². The van der Waals surface area contributed by atoms with Crippen molar-refractivity contribution in [3.05, 3.63) is 59.4 Å². The molecule has 0 fully saturated rings. The SMILES string of the molecule is Cc1cc(C)cc(OCCCn2c(CCNC(=O)C(C)(C)C)nc3ccccc32)c1. The maximum absolute atomic E-state index is 12.2. The van der Waals surface area contributed by atoms with E-state index in [0.29, 0.717) is 19.6 Å². The molecule has 1 aromatic heterocycles. The highest BCUT2D eigenvalue weighted by atomic mass is 16.5. The van der Waals surface area contributed by atoms with Crippen LogP contribution in [0.15, 0.2) is 42.5 Å². The summed E-state index contributed by atoms with van der Waals surface area (Å²) in [6.45, 7) is 12.0. The summed E-state index contributed by atoms with van der Waals surface area (Å²) in [6, 6.07) is 14.5. The van der Waals surface area contributed by atoms with Crippen molar-refractivity contribution in [3.63, 3.8) is 0 Å². The molecule has 0 atom stereocenters. The van der Waals surface area contributed by atoms with E-state index in [1.807, 2.05) is 39.0 Å². The fourth-order valence-electron chi connectivity index (χ4n) is 3.55. The Kier molecular flexibility index (Phi) is 6.80. The summed E-state index contributed by atoms with van der Waals surface area (Å²) in [5.74, 6) is 1.98. The van der Waals surface area contributed by atoms with Crippen molar-refractivity contribution in [2.45, 2.75) is 54.0 Å².